The average molecular weight is 264 g/mol. The van der Waals surface area contributed by atoms with Crippen molar-refractivity contribution in [3.63, 3.8) is 0 Å². The molecule has 1 heterocycles. The van der Waals surface area contributed by atoms with Crippen LogP contribution in [0.5, 0.6) is 0 Å². The van der Waals surface area contributed by atoms with Gasteiger partial charge in [-0.25, -0.2) is 4.79 Å². The molecule has 5 heteroatoms. The monoisotopic (exact) mass is 264 g/mol. The third kappa shape index (κ3) is 2.66. The van der Waals surface area contributed by atoms with Crippen molar-refractivity contribution in [2.45, 2.75) is 13.8 Å². The molecule has 2 aromatic rings. The summed E-state index contributed by atoms with van der Waals surface area (Å²) in [6, 6.07) is 5.67. The molecule has 1 N–H and O–H groups in total. The van der Waals surface area contributed by atoms with Crippen molar-refractivity contribution in [1.29, 1.82) is 0 Å². The number of aromatic nitrogens is 1. The number of nitrogens with zero attached hydrogens (tertiary/aromatic N) is 2. The van der Waals surface area contributed by atoms with Crippen LogP contribution in [0, 0.1) is 5.41 Å². The molecule has 0 amide bonds. The minimum absolute atomic E-state index is 0.125. The summed E-state index contributed by atoms with van der Waals surface area (Å²) in [5.74, 6) is -0.356. The molecule has 0 aliphatic carbocycles. The first-order valence-corrected chi connectivity index (χ1v) is 6.26. The Bertz CT molecular complexity index is 640. The van der Waals surface area contributed by atoms with Crippen molar-refractivity contribution in [1.82, 2.24) is 4.57 Å². The second kappa shape index (κ2) is 4.74. The number of anilines is 1. The highest BCUT2D eigenvalue weighted by Crippen LogP contribution is 2.24. The minimum Gasteiger partial charge on any atom is -0.408 e. The van der Waals surface area contributed by atoms with Crippen LogP contribution in [0.4, 0.5) is 5.69 Å². The number of fused-ring (bicyclic) bond motifs is 1. The lowest BCUT2D eigenvalue weighted by Gasteiger charge is -2.29. The first-order valence-electron chi connectivity index (χ1n) is 6.26. The first-order chi connectivity index (χ1) is 8.84. The molecule has 1 aromatic carbocycles. The molecule has 0 bridgehead atoms. The zero-order chi connectivity index (χ0) is 14.2. The Balaban J connectivity index is 2.33. The molecule has 0 aliphatic heterocycles. The molecular formula is C14H20N2O3. The predicted molar refractivity (Wildman–Crippen MR) is 75.6 cm³/mol. The van der Waals surface area contributed by atoms with Crippen LogP contribution in [0.3, 0.4) is 0 Å². The van der Waals surface area contributed by atoms with Gasteiger partial charge in [0.2, 0.25) is 0 Å². The topological polar surface area (TPSA) is 58.6 Å². The summed E-state index contributed by atoms with van der Waals surface area (Å²) in [4.78, 5) is 13.5. The van der Waals surface area contributed by atoms with Gasteiger partial charge in [-0.05, 0) is 12.1 Å². The maximum atomic E-state index is 11.4. The van der Waals surface area contributed by atoms with E-state index in [1.807, 2.05) is 44.0 Å². The summed E-state index contributed by atoms with van der Waals surface area (Å²) in [7, 11) is 3.64. The highest BCUT2D eigenvalue weighted by atomic mass is 16.4. The van der Waals surface area contributed by atoms with Crippen molar-refractivity contribution in [3.8, 4) is 0 Å². The lowest BCUT2D eigenvalue weighted by Crippen LogP contribution is -2.33. The van der Waals surface area contributed by atoms with E-state index in [1.54, 1.807) is 7.05 Å². The van der Waals surface area contributed by atoms with Gasteiger partial charge >= 0.3 is 5.76 Å². The molecule has 0 saturated heterocycles. The lowest BCUT2D eigenvalue weighted by molar-refractivity contribution is 0.165. The number of oxazole rings is 1. The van der Waals surface area contributed by atoms with Crippen LogP contribution < -0.4 is 10.7 Å². The number of benzene rings is 1. The summed E-state index contributed by atoms with van der Waals surface area (Å²) in [6.07, 6.45) is 0. The van der Waals surface area contributed by atoms with Crippen LogP contribution in [-0.4, -0.2) is 29.9 Å². The number of aryl methyl sites for hydroxylation is 1. The highest BCUT2D eigenvalue weighted by molar-refractivity contribution is 5.77. The molecule has 0 aliphatic rings. The molecule has 2 rings (SSSR count). The minimum atomic E-state index is -0.356. The van der Waals surface area contributed by atoms with Crippen molar-refractivity contribution in [2.75, 3.05) is 25.1 Å². The van der Waals surface area contributed by atoms with Gasteiger partial charge in [0.15, 0.2) is 5.58 Å². The molecule has 0 spiro atoms. The Kier molecular flexibility index (Phi) is 3.41. The average Bonchev–Trinajstić information content (AvgIpc) is 2.64. The van der Waals surface area contributed by atoms with Crippen molar-refractivity contribution >= 4 is 16.8 Å². The third-order valence-corrected chi connectivity index (χ3v) is 3.31. The van der Waals surface area contributed by atoms with Crippen LogP contribution in [0.2, 0.25) is 0 Å². The Morgan fingerprint density at radius 3 is 2.74 bits per heavy atom. The van der Waals surface area contributed by atoms with Crippen LogP contribution in [0.1, 0.15) is 13.8 Å². The first kappa shape index (κ1) is 13.7. The summed E-state index contributed by atoms with van der Waals surface area (Å²) >= 11 is 0. The zero-order valence-corrected chi connectivity index (χ0v) is 11.8. The lowest BCUT2D eigenvalue weighted by atomic mass is 9.94. The molecule has 5 nitrogen and oxygen atoms in total. The van der Waals surface area contributed by atoms with Crippen LogP contribution in [0.25, 0.3) is 11.1 Å². The highest BCUT2D eigenvalue weighted by Gasteiger charge is 2.19. The molecule has 0 unspecified atom stereocenters. The maximum Gasteiger partial charge on any atom is 0.419 e. The smallest absolute Gasteiger partial charge is 0.408 e. The van der Waals surface area contributed by atoms with Gasteiger partial charge in [0.05, 0.1) is 5.52 Å². The predicted octanol–water partition coefficient (Wildman–Crippen LogP) is 1.59. The number of rotatable bonds is 4. The van der Waals surface area contributed by atoms with E-state index < -0.39 is 0 Å². The van der Waals surface area contributed by atoms with E-state index in [1.165, 1.54) is 4.57 Å². The number of hydrogen-bond donors (Lipinski definition) is 1. The van der Waals surface area contributed by atoms with Gasteiger partial charge in [-0.15, -0.1) is 0 Å². The zero-order valence-electron chi connectivity index (χ0n) is 11.8. The normalized spacial score (nSPS) is 12.1. The van der Waals surface area contributed by atoms with E-state index >= 15 is 0 Å². The van der Waals surface area contributed by atoms with Gasteiger partial charge in [0.25, 0.3) is 0 Å². The molecular weight excluding hydrogens is 244 g/mol. The Labute approximate surface area is 112 Å². The summed E-state index contributed by atoms with van der Waals surface area (Å²) in [5, 5.41) is 9.31. The molecule has 0 radical (unpaired) electrons. The standard InChI is InChI=1S/C14H20N2O3/c1-14(2,9-17)8-15(3)10-5-6-11-12(7-10)19-13(18)16(11)4/h5-7,17H,8-9H2,1-4H3. The number of hydrogen-bond acceptors (Lipinski definition) is 4. The maximum absolute atomic E-state index is 11.4. The fourth-order valence-corrected chi connectivity index (χ4v) is 2.14. The van der Waals surface area contributed by atoms with Gasteiger partial charge in [-0.1, -0.05) is 13.8 Å². The van der Waals surface area contributed by atoms with E-state index in [4.69, 9.17) is 4.42 Å². The second-order valence-corrected chi connectivity index (χ2v) is 5.76. The van der Waals surface area contributed by atoms with Gasteiger partial charge in [-0.2, -0.15) is 0 Å². The molecule has 0 saturated carbocycles. The van der Waals surface area contributed by atoms with Crippen LogP contribution in [-0.2, 0) is 7.05 Å². The Morgan fingerprint density at radius 1 is 1.42 bits per heavy atom. The molecule has 104 valence electrons. The van der Waals surface area contributed by atoms with Gasteiger partial charge in [-0.3, -0.25) is 4.57 Å². The number of aliphatic hydroxyl groups excluding tert-OH is 1. The Hall–Kier alpha value is -1.75. The quantitative estimate of drug-likeness (QED) is 0.911. The van der Waals surface area contributed by atoms with Gasteiger partial charge in [0.1, 0.15) is 0 Å². The van der Waals surface area contributed by atoms with Gasteiger partial charge in [0, 0.05) is 44.4 Å². The fraction of sp³-hybridized carbons (Fsp3) is 0.500. The van der Waals surface area contributed by atoms with E-state index in [9.17, 15) is 9.90 Å². The van der Waals surface area contributed by atoms with E-state index in [-0.39, 0.29) is 17.8 Å². The number of aliphatic hydroxyl groups is 1. The summed E-state index contributed by atoms with van der Waals surface area (Å²) in [6.45, 7) is 4.85. The third-order valence-electron chi connectivity index (χ3n) is 3.31. The SMILES string of the molecule is CN(CC(C)(C)CO)c1ccc2c(c1)oc(=O)n2C. The van der Waals surface area contributed by atoms with Crippen LogP contribution in [0.15, 0.2) is 27.4 Å². The fourth-order valence-electron chi connectivity index (χ4n) is 2.14. The van der Waals surface area contributed by atoms with Crippen molar-refractivity contribution in [3.05, 3.63) is 28.7 Å². The largest absolute Gasteiger partial charge is 0.419 e. The molecule has 0 atom stereocenters. The molecule has 0 fully saturated rings. The van der Waals surface area contributed by atoms with E-state index in [0.717, 1.165) is 11.2 Å². The van der Waals surface area contributed by atoms with Gasteiger partial charge < -0.3 is 14.4 Å². The van der Waals surface area contributed by atoms with E-state index in [0.29, 0.717) is 12.1 Å². The van der Waals surface area contributed by atoms with Crippen molar-refractivity contribution in [2.24, 2.45) is 12.5 Å². The second-order valence-electron chi connectivity index (χ2n) is 5.76. The molecule has 19 heavy (non-hydrogen) atoms. The summed E-state index contributed by atoms with van der Waals surface area (Å²) in [5.41, 5.74) is 2.15. The van der Waals surface area contributed by atoms with E-state index in [2.05, 4.69) is 0 Å². The Morgan fingerprint density at radius 2 is 2.11 bits per heavy atom. The van der Waals surface area contributed by atoms with Crippen molar-refractivity contribution < 1.29 is 9.52 Å². The van der Waals surface area contributed by atoms with Crippen LogP contribution >= 0.6 is 0 Å². The summed E-state index contributed by atoms with van der Waals surface area (Å²) < 4.78 is 6.66. The molecule has 1 aromatic heterocycles.